The molecule has 0 spiro atoms. The van der Waals surface area contributed by atoms with Crippen LogP contribution in [0.15, 0.2) is 22.4 Å². The normalized spacial score (nSPS) is 12.5. The molecule has 0 radical (unpaired) electrons. The first-order valence-corrected chi connectivity index (χ1v) is 6.67. The summed E-state index contributed by atoms with van der Waals surface area (Å²) in [4.78, 5) is 26.0. The first kappa shape index (κ1) is 19.4. The van der Waals surface area contributed by atoms with E-state index in [4.69, 9.17) is 4.74 Å². The number of aliphatic imine (C=N–C) groups is 2. The second-order valence-electron chi connectivity index (χ2n) is 4.50. The van der Waals surface area contributed by atoms with Gasteiger partial charge in [-0.15, -0.1) is 0 Å². The van der Waals surface area contributed by atoms with E-state index < -0.39 is 23.5 Å². The van der Waals surface area contributed by atoms with E-state index in [9.17, 15) is 18.0 Å². The molecule has 1 rings (SSSR count). The number of hydrogen-bond donors (Lipinski definition) is 1. The molecular formula is C14H16F3N5O2. The van der Waals surface area contributed by atoms with Crippen molar-refractivity contribution in [1.82, 2.24) is 9.97 Å². The number of anilines is 1. The summed E-state index contributed by atoms with van der Waals surface area (Å²) in [5.74, 6) is -0.800. The van der Waals surface area contributed by atoms with Gasteiger partial charge in [0.05, 0.1) is 24.9 Å². The van der Waals surface area contributed by atoms with Gasteiger partial charge in [-0.1, -0.05) is 0 Å². The van der Waals surface area contributed by atoms with Crippen molar-refractivity contribution < 1.29 is 22.7 Å². The molecule has 0 saturated carbocycles. The van der Waals surface area contributed by atoms with Crippen molar-refractivity contribution >= 4 is 30.2 Å². The summed E-state index contributed by atoms with van der Waals surface area (Å²) in [5, 5.41) is 2.13. The third kappa shape index (κ3) is 5.88. The number of ether oxygens (including phenoxy) is 1. The number of nitrogens with zero attached hydrogens (tertiary/aromatic N) is 4. The molecule has 0 saturated heterocycles. The molecule has 0 aliphatic rings. The van der Waals surface area contributed by atoms with Gasteiger partial charge < -0.3 is 10.1 Å². The van der Waals surface area contributed by atoms with E-state index in [2.05, 4.69) is 32.0 Å². The lowest BCUT2D eigenvalue weighted by atomic mass is 10.2. The molecule has 1 amide bonds. The van der Waals surface area contributed by atoms with Crippen molar-refractivity contribution in [2.75, 3.05) is 19.0 Å². The molecule has 0 aliphatic heterocycles. The number of hydrogen-bond acceptors (Lipinski definition) is 5. The van der Waals surface area contributed by atoms with E-state index in [0.29, 0.717) is 0 Å². The van der Waals surface area contributed by atoms with Crippen molar-refractivity contribution in [3.05, 3.63) is 23.9 Å². The summed E-state index contributed by atoms with van der Waals surface area (Å²) in [6, 6.07) is 0. The van der Waals surface area contributed by atoms with E-state index in [-0.39, 0.29) is 24.4 Å². The zero-order valence-electron chi connectivity index (χ0n) is 13.1. The largest absolute Gasteiger partial charge is 0.435 e. The van der Waals surface area contributed by atoms with Crippen LogP contribution in [-0.4, -0.2) is 42.6 Å². The highest BCUT2D eigenvalue weighted by Gasteiger charge is 2.36. The number of rotatable bonds is 7. The van der Waals surface area contributed by atoms with Crippen LogP contribution < -0.4 is 5.32 Å². The second-order valence-corrected chi connectivity index (χ2v) is 4.50. The number of methoxy groups -OCH3 is 1. The van der Waals surface area contributed by atoms with Crippen LogP contribution in [0.25, 0.3) is 5.57 Å². The zero-order chi connectivity index (χ0) is 18.2. The van der Waals surface area contributed by atoms with Gasteiger partial charge in [0.1, 0.15) is 6.34 Å². The maximum Gasteiger partial charge on any atom is 0.435 e. The van der Waals surface area contributed by atoms with Gasteiger partial charge in [0.25, 0.3) is 0 Å². The lowest BCUT2D eigenvalue weighted by Gasteiger charge is -2.13. The highest BCUT2D eigenvalue weighted by molar-refractivity contribution is 5.91. The molecule has 0 fully saturated rings. The van der Waals surface area contributed by atoms with Crippen molar-refractivity contribution in [1.29, 1.82) is 0 Å². The average molecular weight is 343 g/mol. The van der Waals surface area contributed by atoms with Gasteiger partial charge in [-0.05, 0) is 13.6 Å². The fraction of sp³-hybridized carbons (Fsp3) is 0.357. The summed E-state index contributed by atoms with van der Waals surface area (Å²) in [5.41, 5.74) is -1.47. The lowest BCUT2D eigenvalue weighted by Crippen LogP contribution is -2.20. The molecule has 130 valence electrons. The van der Waals surface area contributed by atoms with E-state index in [1.807, 2.05) is 0 Å². The first-order chi connectivity index (χ1) is 11.3. The van der Waals surface area contributed by atoms with E-state index in [1.165, 1.54) is 20.2 Å². The van der Waals surface area contributed by atoms with Crippen molar-refractivity contribution in [2.24, 2.45) is 9.98 Å². The number of carbonyl (C=O) groups is 1. The molecule has 7 nitrogen and oxygen atoms in total. The average Bonchev–Trinajstić information content (AvgIpc) is 2.52. The number of amides is 1. The number of carbonyl (C=O) groups excluding carboxylic acids is 1. The highest BCUT2D eigenvalue weighted by atomic mass is 19.4. The summed E-state index contributed by atoms with van der Waals surface area (Å²) in [6.07, 6.45) is -1.56. The minimum atomic E-state index is -4.76. The summed E-state index contributed by atoms with van der Waals surface area (Å²) >= 11 is 0. The molecule has 24 heavy (non-hydrogen) atoms. The van der Waals surface area contributed by atoms with Crippen LogP contribution in [0, 0.1) is 0 Å². The molecule has 0 bridgehead atoms. The fourth-order valence-corrected chi connectivity index (χ4v) is 1.54. The highest BCUT2D eigenvalue weighted by Crippen LogP contribution is 2.33. The van der Waals surface area contributed by atoms with Crippen LogP contribution in [0.5, 0.6) is 0 Å². The Hall–Kier alpha value is -2.62. The second kappa shape index (κ2) is 8.87. The number of nitrogens with one attached hydrogen (secondary N) is 1. The Balaban J connectivity index is 3.14. The van der Waals surface area contributed by atoms with Crippen LogP contribution in [0.3, 0.4) is 0 Å². The topological polar surface area (TPSA) is 88.8 Å². The van der Waals surface area contributed by atoms with Crippen LogP contribution in [0.4, 0.5) is 18.9 Å². The summed E-state index contributed by atoms with van der Waals surface area (Å²) < 4.78 is 44.2. The van der Waals surface area contributed by atoms with Crippen LogP contribution in [-0.2, 0) is 15.7 Å². The van der Waals surface area contributed by atoms with E-state index >= 15 is 0 Å². The Morgan fingerprint density at radius 3 is 2.79 bits per heavy atom. The Labute approximate surface area is 136 Å². The van der Waals surface area contributed by atoms with Crippen LogP contribution >= 0.6 is 0 Å². The van der Waals surface area contributed by atoms with Gasteiger partial charge in [-0.3, -0.25) is 9.79 Å². The van der Waals surface area contributed by atoms with Crippen molar-refractivity contribution in [3.8, 4) is 0 Å². The number of allylic oxidation sites excluding steroid dienone is 1. The molecule has 1 heterocycles. The number of alkyl halides is 3. The lowest BCUT2D eigenvalue weighted by molar-refractivity contribution is -0.140. The predicted octanol–water partition coefficient (Wildman–Crippen LogP) is 2.56. The Morgan fingerprint density at radius 2 is 2.21 bits per heavy atom. The molecule has 1 N–H and O–H groups in total. The molecule has 10 heteroatoms. The number of halogens is 3. The molecule has 0 atom stereocenters. The molecular weight excluding hydrogens is 327 g/mol. The van der Waals surface area contributed by atoms with Crippen LogP contribution in [0.2, 0.25) is 0 Å². The maximum atomic E-state index is 13.2. The summed E-state index contributed by atoms with van der Waals surface area (Å²) in [6.45, 7) is 4.76. The molecule has 0 aromatic carbocycles. The Kier molecular flexibility index (Phi) is 7.18. The standard InChI is InChI=1S/C14H16F3N5O2/c1-9(6-19-8-18-2)13-20-7-10(12(22-13)14(15,16)17)21-11(23)4-5-24-3/h6-8H,2,4-5H2,1,3H3,(H,21,23)/b9-6+,19-8-. The zero-order valence-corrected chi connectivity index (χ0v) is 13.1. The van der Waals surface area contributed by atoms with Gasteiger partial charge in [0, 0.05) is 18.9 Å². The van der Waals surface area contributed by atoms with Crippen molar-refractivity contribution in [3.63, 3.8) is 0 Å². The first-order valence-electron chi connectivity index (χ1n) is 6.67. The maximum absolute atomic E-state index is 13.2. The third-order valence-electron chi connectivity index (χ3n) is 2.63. The van der Waals surface area contributed by atoms with Crippen molar-refractivity contribution in [2.45, 2.75) is 19.5 Å². The molecule has 0 unspecified atom stereocenters. The SMILES string of the molecule is C=N/C=N\C=C(/C)c1ncc(NC(=O)CCOC)c(C(F)(F)F)n1. The van der Waals surface area contributed by atoms with Crippen LogP contribution in [0.1, 0.15) is 24.9 Å². The molecule has 0 aliphatic carbocycles. The van der Waals surface area contributed by atoms with E-state index in [0.717, 1.165) is 12.5 Å². The van der Waals surface area contributed by atoms with Gasteiger partial charge in [-0.2, -0.15) is 13.2 Å². The number of aromatic nitrogens is 2. The monoisotopic (exact) mass is 343 g/mol. The van der Waals surface area contributed by atoms with Gasteiger partial charge in [-0.25, -0.2) is 15.0 Å². The molecule has 1 aromatic rings. The minimum Gasteiger partial charge on any atom is -0.384 e. The van der Waals surface area contributed by atoms with E-state index in [1.54, 1.807) is 0 Å². The Morgan fingerprint density at radius 1 is 1.50 bits per heavy atom. The summed E-state index contributed by atoms with van der Waals surface area (Å²) in [7, 11) is 1.38. The Bertz CT molecular complexity index is 656. The predicted molar refractivity (Wildman–Crippen MR) is 83.8 cm³/mol. The van der Waals surface area contributed by atoms with Gasteiger partial charge in [0.15, 0.2) is 11.5 Å². The van der Waals surface area contributed by atoms with Gasteiger partial charge in [0.2, 0.25) is 5.91 Å². The quantitative estimate of drug-likeness (QED) is 0.609. The minimum absolute atomic E-state index is 0.0856. The smallest absolute Gasteiger partial charge is 0.384 e. The molecule has 1 aromatic heterocycles. The van der Waals surface area contributed by atoms with Gasteiger partial charge >= 0.3 is 6.18 Å². The third-order valence-corrected chi connectivity index (χ3v) is 2.63. The fourth-order valence-electron chi connectivity index (χ4n) is 1.54.